The Morgan fingerprint density at radius 1 is 1.16 bits per heavy atom. The predicted octanol–water partition coefficient (Wildman–Crippen LogP) is 2.40. The predicted molar refractivity (Wildman–Crippen MR) is 120 cm³/mol. The van der Waals surface area contributed by atoms with Crippen LogP contribution in [-0.2, 0) is 22.6 Å². The maximum atomic E-state index is 13.4. The van der Waals surface area contributed by atoms with Crippen LogP contribution in [0.3, 0.4) is 0 Å². The number of hydrogen-bond acceptors (Lipinski definition) is 6. The molecule has 0 aromatic carbocycles. The van der Waals surface area contributed by atoms with E-state index in [4.69, 9.17) is 4.74 Å². The highest BCUT2D eigenvalue weighted by Crippen LogP contribution is 2.29. The molecule has 4 heterocycles. The number of carbonyl (C=O) groups is 1. The molecule has 9 heteroatoms. The van der Waals surface area contributed by atoms with Gasteiger partial charge in [0.25, 0.3) is 5.56 Å². The minimum Gasteiger partial charge on any atom is -0.376 e. The summed E-state index contributed by atoms with van der Waals surface area (Å²) in [6, 6.07) is 3.79. The zero-order valence-corrected chi connectivity index (χ0v) is 18.2. The Bertz CT molecular complexity index is 1230. The second kappa shape index (κ2) is 8.55. The zero-order chi connectivity index (χ0) is 21.4. The van der Waals surface area contributed by atoms with Crippen LogP contribution in [0, 0.1) is 0 Å². The molecule has 2 aliphatic rings. The van der Waals surface area contributed by atoms with Crippen LogP contribution in [0.15, 0.2) is 27.9 Å². The van der Waals surface area contributed by atoms with Gasteiger partial charge in [0.1, 0.15) is 16.1 Å². The van der Waals surface area contributed by atoms with E-state index in [1.165, 1.54) is 26.9 Å². The summed E-state index contributed by atoms with van der Waals surface area (Å²) >= 11 is 1.27. The van der Waals surface area contributed by atoms with E-state index in [0.29, 0.717) is 21.7 Å². The molecule has 164 valence electrons. The SMILES string of the molecule is O=C(Cn1c(=O)n(CC2CCCO2)c(=O)c2sc3ncccc3c21)NC1CCCCC1. The average Bonchev–Trinajstić information content (AvgIpc) is 3.43. The highest BCUT2D eigenvalue weighted by Gasteiger charge is 2.24. The van der Waals surface area contributed by atoms with Crippen LogP contribution < -0.4 is 16.6 Å². The minimum absolute atomic E-state index is 0.113. The molecule has 31 heavy (non-hydrogen) atoms. The summed E-state index contributed by atoms with van der Waals surface area (Å²) < 4.78 is 8.81. The van der Waals surface area contributed by atoms with Gasteiger partial charge in [-0.25, -0.2) is 9.78 Å². The maximum Gasteiger partial charge on any atom is 0.332 e. The van der Waals surface area contributed by atoms with Crippen molar-refractivity contribution in [2.75, 3.05) is 6.61 Å². The first-order valence-electron chi connectivity index (χ1n) is 11.0. The second-order valence-corrected chi connectivity index (χ2v) is 9.46. The molecule has 1 unspecified atom stereocenters. The van der Waals surface area contributed by atoms with E-state index in [-0.39, 0.29) is 36.7 Å². The molecule has 5 rings (SSSR count). The Morgan fingerprint density at radius 3 is 2.77 bits per heavy atom. The second-order valence-electron chi connectivity index (χ2n) is 8.46. The van der Waals surface area contributed by atoms with E-state index in [2.05, 4.69) is 10.3 Å². The monoisotopic (exact) mass is 442 g/mol. The fourth-order valence-electron chi connectivity index (χ4n) is 4.75. The lowest BCUT2D eigenvalue weighted by molar-refractivity contribution is -0.122. The summed E-state index contributed by atoms with van der Waals surface area (Å²) in [5.41, 5.74) is -0.289. The standard InChI is InChI=1S/C22H26N4O4S/c27-17(24-14-6-2-1-3-7-14)13-25-18-16-9-4-10-23-20(16)31-19(18)21(28)26(22(25)29)12-15-8-5-11-30-15/h4,9-10,14-15H,1-3,5-8,11-13H2,(H,24,27). The van der Waals surface area contributed by atoms with Gasteiger partial charge in [-0.3, -0.25) is 18.7 Å². The van der Waals surface area contributed by atoms with Crippen molar-refractivity contribution >= 4 is 37.7 Å². The number of nitrogens with zero attached hydrogens (tertiary/aromatic N) is 3. The van der Waals surface area contributed by atoms with E-state index < -0.39 is 5.69 Å². The summed E-state index contributed by atoms with van der Waals surface area (Å²) in [5, 5.41) is 3.81. The molecule has 1 aliphatic carbocycles. The number of ether oxygens (including phenoxy) is 1. The first-order valence-corrected chi connectivity index (χ1v) is 11.9. The first kappa shape index (κ1) is 20.4. The van der Waals surface area contributed by atoms with Gasteiger partial charge in [0.15, 0.2) is 0 Å². The molecule has 1 atom stereocenters. The van der Waals surface area contributed by atoms with Crippen LogP contribution in [0.25, 0.3) is 20.4 Å². The van der Waals surface area contributed by atoms with E-state index in [9.17, 15) is 14.4 Å². The summed E-state index contributed by atoms with van der Waals surface area (Å²) in [5.74, 6) is -0.194. The van der Waals surface area contributed by atoms with Gasteiger partial charge < -0.3 is 10.1 Å². The van der Waals surface area contributed by atoms with Crippen molar-refractivity contribution in [3.63, 3.8) is 0 Å². The van der Waals surface area contributed by atoms with E-state index in [1.807, 2.05) is 6.07 Å². The Morgan fingerprint density at radius 2 is 2.00 bits per heavy atom. The Balaban J connectivity index is 1.59. The fourth-order valence-corrected chi connectivity index (χ4v) is 5.84. The van der Waals surface area contributed by atoms with E-state index in [0.717, 1.165) is 43.9 Å². The van der Waals surface area contributed by atoms with Crippen LogP contribution in [0.1, 0.15) is 44.9 Å². The molecule has 1 aliphatic heterocycles. The van der Waals surface area contributed by atoms with Crippen LogP contribution in [0.5, 0.6) is 0 Å². The summed E-state index contributed by atoms with van der Waals surface area (Å²) in [7, 11) is 0. The van der Waals surface area contributed by atoms with Crippen molar-refractivity contribution in [3.05, 3.63) is 39.2 Å². The first-order chi connectivity index (χ1) is 15.1. The van der Waals surface area contributed by atoms with Crippen LogP contribution in [0.2, 0.25) is 0 Å². The number of carbonyl (C=O) groups excluding carboxylic acids is 1. The quantitative estimate of drug-likeness (QED) is 0.655. The summed E-state index contributed by atoms with van der Waals surface area (Å²) in [6.45, 7) is 0.740. The van der Waals surface area contributed by atoms with Gasteiger partial charge in [0.05, 0.1) is 18.2 Å². The molecule has 1 N–H and O–H groups in total. The van der Waals surface area contributed by atoms with Crippen molar-refractivity contribution in [2.24, 2.45) is 0 Å². The highest BCUT2D eigenvalue weighted by molar-refractivity contribution is 7.25. The Hall–Kier alpha value is -2.52. The number of hydrogen-bond donors (Lipinski definition) is 1. The zero-order valence-electron chi connectivity index (χ0n) is 17.3. The molecule has 1 amide bonds. The van der Waals surface area contributed by atoms with Gasteiger partial charge >= 0.3 is 5.69 Å². The number of fused-ring (bicyclic) bond motifs is 3. The number of nitrogens with one attached hydrogen (secondary N) is 1. The molecule has 0 radical (unpaired) electrons. The van der Waals surface area contributed by atoms with Crippen molar-refractivity contribution < 1.29 is 9.53 Å². The number of aromatic nitrogens is 3. The number of thiophene rings is 1. The fraction of sp³-hybridized carbons (Fsp3) is 0.545. The smallest absolute Gasteiger partial charge is 0.332 e. The molecule has 0 bridgehead atoms. The van der Waals surface area contributed by atoms with Gasteiger partial charge in [0, 0.05) is 24.2 Å². The number of amides is 1. The topological polar surface area (TPSA) is 95.2 Å². The molecule has 1 saturated carbocycles. The van der Waals surface area contributed by atoms with Crippen molar-refractivity contribution in [3.8, 4) is 0 Å². The molecule has 1 saturated heterocycles. The Kier molecular flexibility index (Phi) is 5.62. The molecular weight excluding hydrogens is 416 g/mol. The summed E-state index contributed by atoms with van der Waals surface area (Å²) in [6.07, 6.45) is 8.63. The minimum atomic E-state index is -0.463. The van der Waals surface area contributed by atoms with Gasteiger partial charge in [-0.15, -0.1) is 11.3 Å². The van der Waals surface area contributed by atoms with Crippen LogP contribution in [0.4, 0.5) is 0 Å². The lowest BCUT2D eigenvalue weighted by Crippen LogP contribution is -2.45. The largest absolute Gasteiger partial charge is 0.376 e. The number of pyridine rings is 1. The van der Waals surface area contributed by atoms with Gasteiger partial charge in [-0.1, -0.05) is 19.3 Å². The van der Waals surface area contributed by atoms with E-state index in [1.54, 1.807) is 12.3 Å². The molecule has 8 nitrogen and oxygen atoms in total. The van der Waals surface area contributed by atoms with Crippen molar-refractivity contribution in [1.29, 1.82) is 0 Å². The maximum absolute atomic E-state index is 13.4. The molecule has 3 aromatic rings. The Labute approximate surface area is 182 Å². The highest BCUT2D eigenvalue weighted by atomic mass is 32.1. The van der Waals surface area contributed by atoms with Crippen LogP contribution >= 0.6 is 11.3 Å². The van der Waals surface area contributed by atoms with Crippen molar-refractivity contribution in [2.45, 2.75) is 70.2 Å². The average molecular weight is 443 g/mol. The number of rotatable bonds is 5. The van der Waals surface area contributed by atoms with Gasteiger partial charge in [-0.05, 0) is 37.8 Å². The molecular formula is C22H26N4O4S. The normalized spacial score (nSPS) is 19.9. The van der Waals surface area contributed by atoms with Gasteiger partial charge in [0.2, 0.25) is 5.91 Å². The lowest BCUT2D eigenvalue weighted by atomic mass is 9.95. The third kappa shape index (κ3) is 3.92. The lowest BCUT2D eigenvalue weighted by Gasteiger charge is -2.23. The molecule has 3 aromatic heterocycles. The molecule has 0 spiro atoms. The van der Waals surface area contributed by atoms with Gasteiger partial charge in [-0.2, -0.15) is 0 Å². The molecule has 2 fully saturated rings. The van der Waals surface area contributed by atoms with Crippen molar-refractivity contribution in [1.82, 2.24) is 19.4 Å². The van der Waals surface area contributed by atoms with E-state index >= 15 is 0 Å². The summed E-state index contributed by atoms with van der Waals surface area (Å²) in [4.78, 5) is 44.6. The van der Waals surface area contributed by atoms with Crippen LogP contribution in [-0.4, -0.2) is 38.8 Å². The third-order valence-electron chi connectivity index (χ3n) is 6.29. The third-order valence-corrected chi connectivity index (χ3v) is 7.38.